The first-order valence-electron chi connectivity index (χ1n) is 6.77. The second kappa shape index (κ2) is 9.23. The average molecular weight is 262 g/mol. The van der Waals surface area contributed by atoms with Gasteiger partial charge in [-0.15, -0.1) is 0 Å². The molecule has 0 aromatic rings. The third-order valence-corrected chi connectivity index (χ3v) is 4.26. The number of thiol groups is 1. The van der Waals surface area contributed by atoms with Crippen LogP contribution >= 0.6 is 12.6 Å². The second-order valence-electron chi connectivity index (χ2n) is 5.15. The first kappa shape index (κ1) is 17.3. The van der Waals surface area contributed by atoms with Gasteiger partial charge >= 0.3 is 0 Å². The molecular formula is C14H30O2S. The largest absolute Gasteiger partial charge is 0.356 e. The van der Waals surface area contributed by atoms with Crippen LogP contribution in [0.5, 0.6) is 0 Å². The summed E-state index contributed by atoms with van der Waals surface area (Å²) in [5.74, 6) is 0.695. The van der Waals surface area contributed by atoms with Gasteiger partial charge in [0.1, 0.15) is 0 Å². The summed E-state index contributed by atoms with van der Waals surface area (Å²) >= 11 is 4.68. The van der Waals surface area contributed by atoms with E-state index < -0.39 is 0 Å². The minimum Gasteiger partial charge on any atom is -0.356 e. The van der Waals surface area contributed by atoms with Gasteiger partial charge in [-0.05, 0) is 18.8 Å². The highest BCUT2D eigenvalue weighted by atomic mass is 32.1. The molecule has 0 saturated heterocycles. The number of methoxy groups -OCH3 is 2. The van der Waals surface area contributed by atoms with Crippen molar-refractivity contribution in [2.45, 2.75) is 70.3 Å². The Labute approximate surface area is 113 Å². The van der Waals surface area contributed by atoms with Crippen LogP contribution in [-0.4, -0.2) is 25.3 Å². The van der Waals surface area contributed by atoms with Gasteiger partial charge in [-0.1, -0.05) is 40.0 Å². The molecule has 17 heavy (non-hydrogen) atoms. The highest BCUT2D eigenvalue weighted by Gasteiger charge is 2.18. The lowest BCUT2D eigenvalue weighted by Crippen LogP contribution is -2.19. The van der Waals surface area contributed by atoms with Crippen LogP contribution in [0.25, 0.3) is 0 Å². The van der Waals surface area contributed by atoms with Gasteiger partial charge in [0, 0.05) is 25.4 Å². The van der Waals surface area contributed by atoms with Crippen LogP contribution in [-0.2, 0) is 9.47 Å². The lowest BCUT2D eigenvalue weighted by molar-refractivity contribution is -0.114. The molecule has 3 heteroatoms. The summed E-state index contributed by atoms with van der Waals surface area (Å²) in [6, 6.07) is 0. The quantitative estimate of drug-likeness (QED) is 0.467. The zero-order chi connectivity index (χ0) is 13.3. The molecule has 0 aliphatic carbocycles. The molecule has 0 aliphatic heterocycles. The Morgan fingerprint density at radius 2 is 1.76 bits per heavy atom. The van der Waals surface area contributed by atoms with Crippen LogP contribution in [0.1, 0.15) is 59.3 Å². The van der Waals surface area contributed by atoms with E-state index in [0.29, 0.717) is 5.92 Å². The summed E-state index contributed by atoms with van der Waals surface area (Å²) in [4.78, 5) is 0. The topological polar surface area (TPSA) is 18.5 Å². The van der Waals surface area contributed by atoms with Crippen molar-refractivity contribution in [3.05, 3.63) is 0 Å². The van der Waals surface area contributed by atoms with E-state index in [9.17, 15) is 0 Å². The van der Waals surface area contributed by atoms with E-state index >= 15 is 0 Å². The van der Waals surface area contributed by atoms with E-state index in [2.05, 4.69) is 33.4 Å². The van der Waals surface area contributed by atoms with Crippen LogP contribution < -0.4 is 0 Å². The van der Waals surface area contributed by atoms with E-state index in [0.717, 1.165) is 12.8 Å². The Morgan fingerprint density at radius 1 is 1.18 bits per heavy atom. The zero-order valence-corrected chi connectivity index (χ0v) is 13.1. The molecule has 0 heterocycles. The molecule has 0 saturated carbocycles. The smallest absolute Gasteiger partial charge is 0.157 e. The number of hydrogen-bond donors (Lipinski definition) is 1. The Kier molecular flexibility index (Phi) is 9.38. The minimum absolute atomic E-state index is 0.0477. The van der Waals surface area contributed by atoms with E-state index in [-0.39, 0.29) is 11.0 Å². The molecule has 0 bridgehead atoms. The van der Waals surface area contributed by atoms with Gasteiger partial charge < -0.3 is 9.47 Å². The number of rotatable bonds is 10. The predicted molar refractivity (Wildman–Crippen MR) is 77.7 cm³/mol. The first-order chi connectivity index (χ1) is 7.99. The van der Waals surface area contributed by atoms with Crippen molar-refractivity contribution in [1.82, 2.24) is 0 Å². The minimum atomic E-state index is -0.0477. The average Bonchev–Trinajstić information content (AvgIpc) is 2.33. The maximum absolute atomic E-state index is 5.26. The summed E-state index contributed by atoms with van der Waals surface area (Å²) in [6.45, 7) is 6.67. The van der Waals surface area contributed by atoms with E-state index in [1.165, 1.54) is 25.7 Å². The van der Waals surface area contributed by atoms with Crippen molar-refractivity contribution in [3.8, 4) is 0 Å². The standard InChI is InChI=1S/C14H30O2S/c1-6-12(11-13(15-4)16-5)9-8-10-14(3,17)7-2/h12-13,17H,6-11H2,1-5H3. The van der Waals surface area contributed by atoms with E-state index in [4.69, 9.17) is 9.47 Å². The van der Waals surface area contributed by atoms with Crippen molar-refractivity contribution >= 4 is 12.6 Å². The van der Waals surface area contributed by atoms with Gasteiger partial charge in [-0.2, -0.15) is 12.6 Å². The Balaban J connectivity index is 3.90. The third kappa shape index (κ3) is 8.06. The fraction of sp³-hybridized carbons (Fsp3) is 1.00. The number of hydrogen-bond acceptors (Lipinski definition) is 3. The molecule has 0 N–H and O–H groups in total. The van der Waals surface area contributed by atoms with Crippen LogP contribution in [0.2, 0.25) is 0 Å². The molecule has 2 unspecified atom stereocenters. The van der Waals surface area contributed by atoms with Gasteiger partial charge in [0.05, 0.1) is 0 Å². The summed E-state index contributed by atoms with van der Waals surface area (Å²) < 4.78 is 10.7. The molecule has 2 atom stereocenters. The Bertz CT molecular complexity index is 179. The molecule has 0 spiro atoms. The first-order valence-corrected chi connectivity index (χ1v) is 7.21. The highest BCUT2D eigenvalue weighted by molar-refractivity contribution is 7.81. The van der Waals surface area contributed by atoms with Gasteiger partial charge in [-0.3, -0.25) is 0 Å². The van der Waals surface area contributed by atoms with Crippen molar-refractivity contribution in [1.29, 1.82) is 0 Å². The molecule has 0 rings (SSSR count). The lowest BCUT2D eigenvalue weighted by Gasteiger charge is -2.24. The van der Waals surface area contributed by atoms with E-state index in [1.54, 1.807) is 14.2 Å². The van der Waals surface area contributed by atoms with Crippen molar-refractivity contribution in [2.75, 3.05) is 14.2 Å². The number of ether oxygens (including phenoxy) is 2. The maximum atomic E-state index is 5.26. The van der Waals surface area contributed by atoms with Crippen LogP contribution in [0, 0.1) is 5.92 Å². The summed E-state index contributed by atoms with van der Waals surface area (Å²) in [5.41, 5.74) is 0. The third-order valence-electron chi connectivity index (χ3n) is 3.72. The molecular weight excluding hydrogens is 232 g/mol. The fourth-order valence-corrected chi connectivity index (χ4v) is 2.16. The molecule has 0 amide bonds. The summed E-state index contributed by atoms with van der Waals surface area (Å²) in [7, 11) is 3.42. The lowest BCUT2D eigenvalue weighted by atomic mass is 9.92. The zero-order valence-electron chi connectivity index (χ0n) is 12.2. The Hall–Kier alpha value is 0.270. The molecule has 0 aromatic carbocycles. The van der Waals surface area contributed by atoms with Gasteiger partial charge in [0.2, 0.25) is 0 Å². The monoisotopic (exact) mass is 262 g/mol. The van der Waals surface area contributed by atoms with Gasteiger partial charge in [0.25, 0.3) is 0 Å². The SMILES string of the molecule is CCC(CCCC(C)(S)CC)CC(OC)OC. The molecule has 0 radical (unpaired) electrons. The van der Waals surface area contributed by atoms with Crippen LogP contribution in [0.4, 0.5) is 0 Å². The second-order valence-corrected chi connectivity index (χ2v) is 6.23. The summed E-state index contributed by atoms with van der Waals surface area (Å²) in [5, 5.41) is 0. The highest BCUT2D eigenvalue weighted by Crippen LogP contribution is 2.28. The van der Waals surface area contributed by atoms with Gasteiger partial charge in [-0.25, -0.2) is 0 Å². The molecule has 2 nitrogen and oxygen atoms in total. The van der Waals surface area contributed by atoms with E-state index in [1.807, 2.05) is 0 Å². The normalized spacial score (nSPS) is 17.1. The Morgan fingerprint density at radius 3 is 2.18 bits per heavy atom. The van der Waals surface area contributed by atoms with Crippen molar-refractivity contribution in [3.63, 3.8) is 0 Å². The predicted octanol–water partition coefficient (Wildman–Crippen LogP) is 4.29. The van der Waals surface area contributed by atoms with Gasteiger partial charge in [0.15, 0.2) is 6.29 Å². The van der Waals surface area contributed by atoms with Crippen LogP contribution in [0.3, 0.4) is 0 Å². The molecule has 0 fully saturated rings. The van der Waals surface area contributed by atoms with Crippen molar-refractivity contribution in [2.24, 2.45) is 5.92 Å². The summed E-state index contributed by atoms with van der Waals surface area (Å²) in [6.07, 6.45) is 6.95. The molecule has 104 valence electrons. The van der Waals surface area contributed by atoms with Crippen molar-refractivity contribution < 1.29 is 9.47 Å². The fourth-order valence-electron chi connectivity index (χ4n) is 2.00. The molecule has 0 aromatic heterocycles. The van der Waals surface area contributed by atoms with Crippen LogP contribution in [0.15, 0.2) is 0 Å². The molecule has 0 aliphatic rings. The maximum Gasteiger partial charge on any atom is 0.157 e.